The molecule has 2 nitrogen and oxygen atoms in total. The molecule has 0 aliphatic carbocycles. The van der Waals surface area contributed by atoms with Crippen molar-refractivity contribution in [2.75, 3.05) is 0 Å². The second kappa shape index (κ2) is 3.30. The molecule has 0 heterocycles. The molecule has 11 heavy (non-hydrogen) atoms. The second-order valence-corrected chi connectivity index (χ2v) is 3.03. The van der Waals surface area contributed by atoms with E-state index in [0.29, 0.717) is 4.47 Å². The van der Waals surface area contributed by atoms with Crippen molar-refractivity contribution >= 4 is 15.9 Å². The van der Waals surface area contributed by atoms with Crippen molar-refractivity contribution in [2.24, 2.45) is 5.73 Å². The predicted octanol–water partition coefficient (Wildman–Crippen LogP) is 1.54. The SMILES string of the molecule is NC(O)c1cc(Br)ccc1F. The highest BCUT2D eigenvalue weighted by Gasteiger charge is 2.07. The fourth-order valence-electron chi connectivity index (χ4n) is 0.741. The lowest BCUT2D eigenvalue weighted by molar-refractivity contribution is 0.181. The number of benzene rings is 1. The molecule has 1 aromatic rings. The smallest absolute Gasteiger partial charge is 0.131 e. The average Bonchev–Trinajstić information content (AvgIpc) is 1.94. The lowest BCUT2D eigenvalue weighted by Gasteiger charge is -2.05. The summed E-state index contributed by atoms with van der Waals surface area (Å²) in [6.07, 6.45) is -1.26. The fraction of sp³-hybridized carbons (Fsp3) is 0.143. The number of aliphatic hydroxyl groups excluding tert-OH is 1. The zero-order chi connectivity index (χ0) is 8.43. The molecule has 1 unspecified atom stereocenters. The standard InChI is InChI=1S/C7H7BrFNO/c8-4-1-2-6(9)5(3-4)7(10)11/h1-3,7,11H,10H2. The number of halogens is 2. The van der Waals surface area contributed by atoms with Gasteiger partial charge in [-0.05, 0) is 18.2 Å². The molecule has 0 amide bonds. The first-order valence-electron chi connectivity index (χ1n) is 3.00. The monoisotopic (exact) mass is 219 g/mol. The summed E-state index contributed by atoms with van der Waals surface area (Å²) < 4.78 is 13.5. The van der Waals surface area contributed by atoms with Crippen molar-refractivity contribution in [1.29, 1.82) is 0 Å². The summed E-state index contributed by atoms with van der Waals surface area (Å²) in [5, 5.41) is 8.85. The van der Waals surface area contributed by atoms with Crippen LogP contribution in [0.3, 0.4) is 0 Å². The van der Waals surface area contributed by atoms with E-state index >= 15 is 0 Å². The number of rotatable bonds is 1. The molecule has 0 fully saturated rings. The van der Waals surface area contributed by atoms with Crippen LogP contribution in [-0.4, -0.2) is 5.11 Å². The third-order valence-electron chi connectivity index (χ3n) is 1.28. The molecule has 1 atom stereocenters. The molecule has 4 heteroatoms. The number of aliphatic hydroxyl groups is 1. The van der Waals surface area contributed by atoms with Gasteiger partial charge in [-0.25, -0.2) is 4.39 Å². The van der Waals surface area contributed by atoms with Crippen LogP contribution >= 0.6 is 15.9 Å². The summed E-state index contributed by atoms with van der Waals surface area (Å²) in [7, 11) is 0. The van der Waals surface area contributed by atoms with Gasteiger partial charge in [0, 0.05) is 10.0 Å². The van der Waals surface area contributed by atoms with E-state index in [1.165, 1.54) is 12.1 Å². The Morgan fingerprint density at radius 2 is 2.18 bits per heavy atom. The van der Waals surface area contributed by atoms with Crippen LogP contribution in [0.25, 0.3) is 0 Å². The highest BCUT2D eigenvalue weighted by atomic mass is 79.9. The zero-order valence-corrected chi connectivity index (χ0v) is 7.18. The molecule has 0 saturated carbocycles. The molecule has 0 bridgehead atoms. The maximum Gasteiger partial charge on any atom is 0.131 e. The number of hydrogen-bond donors (Lipinski definition) is 2. The summed E-state index contributed by atoms with van der Waals surface area (Å²) in [5.74, 6) is -0.497. The normalized spacial score (nSPS) is 13.1. The van der Waals surface area contributed by atoms with Crippen molar-refractivity contribution in [1.82, 2.24) is 0 Å². The van der Waals surface area contributed by atoms with Crippen LogP contribution in [0.2, 0.25) is 0 Å². The Labute approximate surface area is 72.0 Å². The molecule has 3 N–H and O–H groups in total. The van der Waals surface area contributed by atoms with Gasteiger partial charge in [0.25, 0.3) is 0 Å². The topological polar surface area (TPSA) is 46.2 Å². The molecular weight excluding hydrogens is 213 g/mol. The van der Waals surface area contributed by atoms with Gasteiger partial charge in [-0.2, -0.15) is 0 Å². The Hall–Kier alpha value is -0.450. The lowest BCUT2D eigenvalue weighted by atomic mass is 10.2. The van der Waals surface area contributed by atoms with E-state index in [1.54, 1.807) is 6.07 Å². The van der Waals surface area contributed by atoms with Gasteiger partial charge in [0.05, 0.1) is 0 Å². The van der Waals surface area contributed by atoms with E-state index in [2.05, 4.69) is 15.9 Å². The summed E-state index contributed by atoms with van der Waals surface area (Å²) >= 11 is 3.13. The molecular formula is C7H7BrFNO. The van der Waals surface area contributed by atoms with Gasteiger partial charge < -0.3 is 10.8 Å². The summed E-state index contributed by atoms with van der Waals surface area (Å²) in [6, 6.07) is 4.23. The van der Waals surface area contributed by atoms with Gasteiger partial charge in [0.15, 0.2) is 0 Å². The Morgan fingerprint density at radius 1 is 1.55 bits per heavy atom. The molecule has 0 saturated heterocycles. The summed E-state index contributed by atoms with van der Waals surface area (Å²) in [5.41, 5.74) is 5.17. The number of hydrogen-bond acceptors (Lipinski definition) is 2. The molecule has 0 aliphatic heterocycles. The first-order valence-corrected chi connectivity index (χ1v) is 3.79. The van der Waals surface area contributed by atoms with E-state index in [-0.39, 0.29) is 5.56 Å². The Morgan fingerprint density at radius 3 is 2.64 bits per heavy atom. The van der Waals surface area contributed by atoms with Gasteiger partial charge in [-0.1, -0.05) is 15.9 Å². The molecule has 1 rings (SSSR count). The van der Waals surface area contributed by atoms with Crippen LogP contribution in [0.15, 0.2) is 22.7 Å². The van der Waals surface area contributed by atoms with Gasteiger partial charge in [0.2, 0.25) is 0 Å². The van der Waals surface area contributed by atoms with Crippen molar-refractivity contribution in [3.05, 3.63) is 34.1 Å². The minimum atomic E-state index is -1.26. The van der Waals surface area contributed by atoms with E-state index in [4.69, 9.17) is 10.8 Å². The maximum absolute atomic E-state index is 12.8. The fourth-order valence-corrected chi connectivity index (χ4v) is 1.12. The first-order chi connectivity index (χ1) is 5.11. The first kappa shape index (κ1) is 8.64. The van der Waals surface area contributed by atoms with E-state index in [9.17, 15) is 4.39 Å². The highest BCUT2D eigenvalue weighted by molar-refractivity contribution is 9.10. The van der Waals surface area contributed by atoms with Crippen LogP contribution in [0, 0.1) is 5.82 Å². The molecule has 0 radical (unpaired) electrons. The highest BCUT2D eigenvalue weighted by Crippen LogP contribution is 2.18. The third-order valence-corrected chi connectivity index (χ3v) is 1.77. The Balaban J connectivity index is 3.13. The predicted molar refractivity (Wildman–Crippen MR) is 43.2 cm³/mol. The quantitative estimate of drug-likeness (QED) is 0.705. The molecule has 0 aliphatic rings. The average molecular weight is 220 g/mol. The molecule has 1 aromatic carbocycles. The van der Waals surface area contributed by atoms with Crippen molar-refractivity contribution in [3.63, 3.8) is 0 Å². The molecule has 0 aromatic heterocycles. The minimum Gasteiger partial charge on any atom is -0.374 e. The van der Waals surface area contributed by atoms with Crippen molar-refractivity contribution in [3.8, 4) is 0 Å². The number of nitrogens with two attached hydrogens (primary N) is 1. The van der Waals surface area contributed by atoms with Gasteiger partial charge >= 0.3 is 0 Å². The maximum atomic E-state index is 12.8. The van der Waals surface area contributed by atoms with Gasteiger partial charge in [-0.3, -0.25) is 0 Å². The van der Waals surface area contributed by atoms with E-state index in [1.807, 2.05) is 0 Å². The van der Waals surface area contributed by atoms with Crippen molar-refractivity contribution in [2.45, 2.75) is 6.23 Å². The second-order valence-electron chi connectivity index (χ2n) is 2.11. The molecule has 60 valence electrons. The summed E-state index contributed by atoms with van der Waals surface area (Å²) in [6.45, 7) is 0. The van der Waals surface area contributed by atoms with Gasteiger partial charge in [-0.15, -0.1) is 0 Å². The Bertz CT molecular complexity index is 265. The summed E-state index contributed by atoms with van der Waals surface area (Å²) in [4.78, 5) is 0. The van der Waals surface area contributed by atoms with E-state index in [0.717, 1.165) is 0 Å². The van der Waals surface area contributed by atoms with Crippen LogP contribution < -0.4 is 5.73 Å². The minimum absolute atomic E-state index is 0.0966. The molecule has 0 spiro atoms. The van der Waals surface area contributed by atoms with Crippen molar-refractivity contribution < 1.29 is 9.50 Å². The lowest BCUT2D eigenvalue weighted by Crippen LogP contribution is -2.10. The zero-order valence-electron chi connectivity index (χ0n) is 5.59. The van der Waals surface area contributed by atoms with Crippen LogP contribution in [-0.2, 0) is 0 Å². The van der Waals surface area contributed by atoms with Gasteiger partial charge in [0.1, 0.15) is 12.0 Å². The van der Waals surface area contributed by atoms with E-state index < -0.39 is 12.0 Å². The van der Waals surface area contributed by atoms with Crippen LogP contribution in [0.4, 0.5) is 4.39 Å². The third kappa shape index (κ3) is 1.99. The van der Waals surface area contributed by atoms with Crippen LogP contribution in [0.1, 0.15) is 11.8 Å². The largest absolute Gasteiger partial charge is 0.374 e. The Kier molecular flexibility index (Phi) is 2.59. The van der Waals surface area contributed by atoms with Crippen LogP contribution in [0.5, 0.6) is 0 Å².